The van der Waals surface area contributed by atoms with E-state index in [2.05, 4.69) is 0 Å². The monoisotopic (exact) mass is 287 g/mol. The van der Waals surface area contributed by atoms with Gasteiger partial charge in [-0.15, -0.1) is 0 Å². The number of hydrogen-bond donors (Lipinski definition) is 1. The van der Waals surface area contributed by atoms with Crippen LogP contribution in [0.4, 0.5) is 5.69 Å². The standard InChI is InChI=1S/C11H13NO6S/c1-2-19(17,18)10(7-13)11(14)8-3-5-9(6-4-8)12(15)16/h3-6,10,13H,2,7H2,1H3. The quantitative estimate of drug-likeness (QED) is 0.465. The van der Waals surface area contributed by atoms with Crippen LogP contribution >= 0.6 is 0 Å². The molecule has 0 saturated heterocycles. The highest BCUT2D eigenvalue weighted by atomic mass is 32.2. The van der Waals surface area contributed by atoms with E-state index >= 15 is 0 Å². The number of ketones is 1. The van der Waals surface area contributed by atoms with Gasteiger partial charge in [-0.2, -0.15) is 0 Å². The van der Waals surface area contributed by atoms with Crippen LogP contribution < -0.4 is 0 Å². The third-order valence-electron chi connectivity index (χ3n) is 2.66. The van der Waals surface area contributed by atoms with Crippen molar-refractivity contribution in [1.29, 1.82) is 0 Å². The number of nitro groups is 1. The van der Waals surface area contributed by atoms with Gasteiger partial charge in [0.05, 0.1) is 11.5 Å². The fourth-order valence-corrected chi connectivity index (χ4v) is 2.59. The van der Waals surface area contributed by atoms with Crippen molar-refractivity contribution < 1.29 is 23.2 Å². The third kappa shape index (κ3) is 3.36. The van der Waals surface area contributed by atoms with Crippen LogP contribution in [0.1, 0.15) is 17.3 Å². The molecule has 0 heterocycles. The zero-order chi connectivity index (χ0) is 14.6. The van der Waals surface area contributed by atoms with Crippen molar-refractivity contribution >= 4 is 21.3 Å². The first kappa shape index (κ1) is 15.3. The Kier molecular flexibility index (Phi) is 4.73. The predicted octanol–water partition coefficient (Wildman–Crippen LogP) is 0.573. The first-order valence-corrected chi connectivity index (χ1v) is 7.16. The molecule has 0 aliphatic rings. The fraction of sp³-hybridized carbons (Fsp3) is 0.364. The summed E-state index contributed by atoms with van der Waals surface area (Å²) in [6, 6.07) is 4.57. The van der Waals surface area contributed by atoms with E-state index in [1.165, 1.54) is 19.1 Å². The average Bonchev–Trinajstić information content (AvgIpc) is 2.39. The van der Waals surface area contributed by atoms with Crippen molar-refractivity contribution in [1.82, 2.24) is 0 Å². The molecule has 0 spiro atoms. The number of hydrogen-bond acceptors (Lipinski definition) is 6. The molecule has 0 fully saturated rings. The van der Waals surface area contributed by atoms with E-state index in [0.29, 0.717) is 0 Å². The van der Waals surface area contributed by atoms with Crippen molar-refractivity contribution in [2.75, 3.05) is 12.4 Å². The van der Waals surface area contributed by atoms with Crippen LogP contribution in [0.25, 0.3) is 0 Å². The number of aliphatic hydroxyl groups is 1. The first-order chi connectivity index (χ1) is 8.83. The summed E-state index contributed by atoms with van der Waals surface area (Å²) >= 11 is 0. The van der Waals surface area contributed by atoms with E-state index in [9.17, 15) is 23.3 Å². The number of Topliss-reactive ketones (excluding diaryl/α,β-unsaturated/α-hetero) is 1. The van der Waals surface area contributed by atoms with Crippen LogP contribution in [0, 0.1) is 10.1 Å². The van der Waals surface area contributed by atoms with Gasteiger partial charge in [0.2, 0.25) is 0 Å². The van der Waals surface area contributed by atoms with E-state index in [1.807, 2.05) is 0 Å². The number of nitrogens with zero attached hydrogens (tertiary/aromatic N) is 1. The number of carbonyl (C=O) groups is 1. The van der Waals surface area contributed by atoms with Crippen molar-refractivity contribution in [3.63, 3.8) is 0 Å². The lowest BCUT2D eigenvalue weighted by atomic mass is 10.1. The number of non-ortho nitro benzene ring substituents is 1. The van der Waals surface area contributed by atoms with Crippen molar-refractivity contribution in [2.45, 2.75) is 12.2 Å². The largest absolute Gasteiger partial charge is 0.395 e. The summed E-state index contributed by atoms with van der Waals surface area (Å²) < 4.78 is 23.3. The zero-order valence-electron chi connectivity index (χ0n) is 10.1. The van der Waals surface area contributed by atoms with Crippen molar-refractivity contribution in [3.05, 3.63) is 39.9 Å². The summed E-state index contributed by atoms with van der Waals surface area (Å²) in [4.78, 5) is 21.8. The van der Waals surface area contributed by atoms with E-state index in [0.717, 1.165) is 12.1 Å². The highest BCUT2D eigenvalue weighted by Crippen LogP contribution is 2.16. The Hall–Kier alpha value is -1.80. The molecule has 1 atom stereocenters. The molecule has 1 aromatic carbocycles. The average molecular weight is 287 g/mol. The maximum atomic E-state index is 12.0. The smallest absolute Gasteiger partial charge is 0.269 e. The SMILES string of the molecule is CCS(=O)(=O)C(CO)C(=O)c1ccc([N+](=O)[O-])cc1. The Morgan fingerprint density at radius 3 is 2.26 bits per heavy atom. The highest BCUT2D eigenvalue weighted by molar-refractivity contribution is 7.92. The van der Waals surface area contributed by atoms with Gasteiger partial charge in [0.15, 0.2) is 15.6 Å². The lowest BCUT2D eigenvalue weighted by Gasteiger charge is -2.12. The zero-order valence-corrected chi connectivity index (χ0v) is 11.0. The van der Waals surface area contributed by atoms with Gasteiger partial charge < -0.3 is 5.11 Å². The second kappa shape index (κ2) is 5.89. The molecule has 0 aromatic heterocycles. The van der Waals surface area contributed by atoms with Crippen LogP contribution in [0.2, 0.25) is 0 Å². The van der Waals surface area contributed by atoms with Gasteiger partial charge in [-0.05, 0) is 12.1 Å². The maximum absolute atomic E-state index is 12.0. The second-order valence-corrected chi connectivity index (χ2v) is 6.26. The summed E-state index contributed by atoms with van der Waals surface area (Å²) in [6.45, 7) is 0.563. The van der Waals surface area contributed by atoms with Crippen LogP contribution in [-0.2, 0) is 9.84 Å². The van der Waals surface area contributed by atoms with E-state index in [1.54, 1.807) is 0 Å². The Morgan fingerprint density at radius 2 is 1.89 bits per heavy atom. The minimum Gasteiger partial charge on any atom is -0.395 e. The summed E-state index contributed by atoms with van der Waals surface area (Å²) in [6.07, 6.45) is 0. The van der Waals surface area contributed by atoms with Gasteiger partial charge in [-0.1, -0.05) is 6.92 Å². The molecule has 0 radical (unpaired) electrons. The molecular formula is C11H13NO6S. The number of nitro benzene ring substituents is 1. The molecule has 0 saturated carbocycles. The molecule has 7 nitrogen and oxygen atoms in total. The normalized spacial score (nSPS) is 12.9. The molecular weight excluding hydrogens is 274 g/mol. The van der Waals surface area contributed by atoms with Crippen LogP contribution in [0.5, 0.6) is 0 Å². The Morgan fingerprint density at radius 1 is 1.37 bits per heavy atom. The van der Waals surface area contributed by atoms with Gasteiger partial charge in [0.25, 0.3) is 5.69 Å². The molecule has 0 amide bonds. The molecule has 8 heteroatoms. The van der Waals surface area contributed by atoms with Crippen LogP contribution in [0.15, 0.2) is 24.3 Å². The Balaban J connectivity index is 3.08. The number of rotatable bonds is 6. The van der Waals surface area contributed by atoms with Gasteiger partial charge in [0, 0.05) is 23.4 Å². The van der Waals surface area contributed by atoms with E-state index < -0.39 is 32.4 Å². The topological polar surface area (TPSA) is 115 Å². The number of aliphatic hydroxyl groups excluding tert-OH is 1. The summed E-state index contributed by atoms with van der Waals surface area (Å²) in [5, 5.41) is 18.0. The Labute approximate surface area is 109 Å². The van der Waals surface area contributed by atoms with Crippen molar-refractivity contribution in [3.8, 4) is 0 Å². The molecule has 0 bridgehead atoms. The second-order valence-electron chi connectivity index (χ2n) is 3.79. The Bertz CT molecular complexity index is 578. The number of benzene rings is 1. The van der Waals surface area contributed by atoms with Gasteiger partial charge in [-0.3, -0.25) is 14.9 Å². The minimum atomic E-state index is -3.72. The summed E-state index contributed by atoms with van der Waals surface area (Å²) in [7, 11) is -3.72. The molecule has 1 unspecified atom stereocenters. The summed E-state index contributed by atoms with van der Waals surface area (Å²) in [5.41, 5.74) is -0.183. The van der Waals surface area contributed by atoms with Crippen molar-refractivity contribution in [2.24, 2.45) is 0 Å². The summed E-state index contributed by atoms with van der Waals surface area (Å²) in [5.74, 6) is -1.03. The molecule has 0 aliphatic carbocycles. The number of sulfone groups is 1. The third-order valence-corrected chi connectivity index (χ3v) is 4.69. The minimum absolute atomic E-state index is 0.0154. The molecule has 1 rings (SSSR count). The lowest BCUT2D eigenvalue weighted by Crippen LogP contribution is -2.35. The molecule has 1 aromatic rings. The molecule has 19 heavy (non-hydrogen) atoms. The van der Waals surface area contributed by atoms with E-state index in [-0.39, 0.29) is 17.0 Å². The van der Waals surface area contributed by atoms with Crippen LogP contribution in [0.3, 0.4) is 0 Å². The van der Waals surface area contributed by atoms with Gasteiger partial charge in [-0.25, -0.2) is 8.42 Å². The fourth-order valence-electron chi connectivity index (χ4n) is 1.49. The molecule has 104 valence electrons. The number of carbonyl (C=O) groups excluding carboxylic acids is 1. The lowest BCUT2D eigenvalue weighted by molar-refractivity contribution is -0.384. The van der Waals surface area contributed by atoms with E-state index in [4.69, 9.17) is 5.11 Å². The van der Waals surface area contributed by atoms with Gasteiger partial charge >= 0.3 is 0 Å². The first-order valence-electron chi connectivity index (χ1n) is 5.44. The molecule has 1 N–H and O–H groups in total. The molecule has 0 aliphatic heterocycles. The predicted molar refractivity (Wildman–Crippen MR) is 67.8 cm³/mol. The van der Waals surface area contributed by atoms with Crippen LogP contribution in [-0.4, -0.2) is 41.8 Å². The van der Waals surface area contributed by atoms with Gasteiger partial charge in [0.1, 0.15) is 5.25 Å². The highest BCUT2D eigenvalue weighted by Gasteiger charge is 2.31. The maximum Gasteiger partial charge on any atom is 0.269 e.